The van der Waals surface area contributed by atoms with Gasteiger partial charge in [0.05, 0.1) is 12.5 Å². The molecule has 2 aromatic carbocycles. The van der Waals surface area contributed by atoms with Crippen molar-refractivity contribution in [1.82, 2.24) is 15.3 Å². The summed E-state index contributed by atoms with van der Waals surface area (Å²) in [6, 6.07) is 15.7. The molecule has 2 unspecified atom stereocenters. The van der Waals surface area contributed by atoms with E-state index < -0.39 is 36.9 Å². The van der Waals surface area contributed by atoms with Gasteiger partial charge in [-0.05, 0) is 42.6 Å². The number of hydrogen-bond donors (Lipinski definition) is 1. The Hall–Kier alpha value is -3.80. The molecule has 1 fully saturated rings. The zero-order valence-corrected chi connectivity index (χ0v) is 23.5. The van der Waals surface area contributed by atoms with E-state index in [1.807, 2.05) is 54.6 Å². The summed E-state index contributed by atoms with van der Waals surface area (Å²) in [5.74, 6) is -2.04. The van der Waals surface area contributed by atoms with Gasteiger partial charge in [0, 0.05) is 26.8 Å². The lowest BCUT2D eigenvalue weighted by Crippen LogP contribution is -2.58. The second kappa shape index (κ2) is 14.7. The third-order valence-electron chi connectivity index (χ3n) is 7.10. The van der Waals surface area contributed by atoms with Crippen molar-refractivity contribution >= 4 is 23.8 Å². The van der Waals surface area contributed by atoms with Crippen LogP contribution in [0.15, 0.2) is 54.6 Å². The molecule has 2 aliphatic rings. The third-order valence-corrected chi connectivity index (χ3v) is 7.10. The smallest absolute Gasteiger partial charge is 0.330 e. The van der Waals surface area contributed by atoms with Gasteiger partial charge in [-0.3, -0.25) is 24.1 Å². The highest BCUT2D eigenvalue weighted by atomic mass is 16.7. The summed E-state index contributed by atoms with van der Waals surface area (Å²) < 4.78 is 15.7. The van der Waals surface area contributed by atoms with Gasteiger partial charge >= 0.3 is 17.9 Å². The summed E-state index contributed by atoms with van der Waals surface area (Å²) in [6.07, 6.45) is 0.903. The van der Waals surface area contributed by atoms with E-state index in [9.17, 15) is 19.2 Å². The average Bonchev–Trinajstić information content (AvgIpc) is 2.97. The molecule has 2 aromatic rings. The van der Waals surface area contributed by atoms with E-state index >= 15 is 0 Å². The van der Waals surface area contributed by atoms with Crippen molar-refractivity contribution in [2.75, 3.05) is 26.4 Å². The lowest BCUT2D eigenvalue weighted by molar-refractivity contribution is -0.249. The van der Waals surface area contributed by atoms with E-state index in [1.54, 1.807) is 4.90 Å². The summed E-state index contributed by atoms with van der Waals surface area (Å²) in [5.41, 5.74) is 2.38. The first-order valence-corrected chi connectivity index (χ1v) is 13.8. The lowest BCUT2D eigenvalue weighted by atomic mass is 9.90. The molecule has 1 amide bonds. The number of carbonyl (C=O) groups excluding carboxylic acids is 4. The maximum absolute atomic E-state index is 13.5. The van der Waals surface area contributed by atoms with Crippen LogP contribution < -0.4 is 5.32 Å². The summed E-state index contributed by atoms with van der Waals surface area (Å²) in [4.78, 5) is 58.6. The van der Waals surface area contributed by atoms with Gasteiger partial charge in [0.15, 0.2) is 0 Å². The van der Waals surface area contributed by atoms with Crippen LogP contribution in [-0.2, 0) is 51.3 Å². The highest BCUT2D eigenvalue weighted by Crippen LogP contribution is 2.36. The summed E-state index contributed by atoms with van der Waals surface area (Å²) in [7, 11) is 0. The van der Waals surface area contributed by atoms with Gasteiger partial charge in [0.1, 0.15) is 18.8 Å². The number of nitrogens with one attached hydrogen (secondary N) is 1. The maximum Gasteiger partial charge on any atom is 0.330 e. The van der Waals surface area contributed by atoms with Gasteiger partial charge in [-0.2, -0.15) is 0 Å². The van der Waals surface area contributed by atoms with Crippen molar-refractivity contribution in [3.8, 4) is 0 Å². The monoisotopic (exact) mass is 567 g/mol. The van der Waals surface area contributed by atoms with Crippen molar-refractivity contribution in [1.29, 1.82) is 0 Å². The van der Waals surface area contributed by atoms with Crippen LogP contribution in [0.5, 0.6) is 0 Å². The number of ether oxygens (including phenoxy) is 3. The zero-order valence-electron chi connectivity index (χ0n) is 23.5. The van der Waals surface area contributed by atoms with E-state index in [0.717, 1.165) is 37.1 Å². The molecule has 1 N–H and O–H groups in total. The number of hydroxylamine groups is 2. The molecule has 0 aromatic heterocycles. The standard InChI is InChI=1S/C30H37N3O8/c1-21(34)33(41-25-12-15-31-16-13-25)27-18-24-10-6-7-11-26(24)29(30(37)40-20-39-22(2)35)32(27)17-14-28(36)38-19-23-8-4-3-5-9-23/h3-11,25,27,29,31H,12-20H2,1-2H3. The summed E-state index contributed by atoms with van der Waals surface area (Å²) in [5, 5.41) is 4.61. The van der Waals surface area contributed by atoms with E-state index in [0.29, 0.717) is 12.0 Å². The number of amides is 1. The second-order valence-corrected chi connectivity index (χ2v) is 10.0. The van der Waals surface area contributed by atoms with Crippen LogP contribution in [0.1, 0.15) is 55.8 Å². The van der Waals surface area contributed by atoms with Gasteiger partial charge in [0.2, 0.25) is 12.7 Å². The molecule has 1 saturated heterocycles. The van der Waals surface area contributed by atoms with Crippen LogP contribution in [0, 0.1) is 0 Å². The molecule has 220 valence electrons. The molecular formula is C30H37N3O8. The van der Waals surface area contributed by atoms with Gasteiger partial charge in [-0.25, -0.2) is 9.86 Å². The SMILES string of the molecule is CC(=O)OCOC(=O)C1c2ccccc2CC(N(OC2CCNCC2)C(C)=O)N1CCC(=O)OCc1ccccc1. The number of carbonyl (C=O) groups is 4. The third kappa shape index (κ3) is 8.35. The fourth-order valence-electron chi connectivity index (χ4n) is 5.11. The first kappa shape index (κ1) is 30.2. The number of benzene rings is 2. The minimum absolute atomic E-state index is 0.0433. The number of piperidine rings is 1. The molecule has 2 atom stereocenters. The van der Waals surface area contributed by atoms with Crippen molar-refractivity contribution < 1.29 is 38.2 Å². The Morgan fingerprint density at radius 3 is 2.34 bits per heavy atom. The number of esters is 3. The van der Waals surface area contributed by atoms with Crippen LogP contribution in [0.25, 0.3) is 0 Å². The largest absolute Gasteiger partial charge is 0.461 e. The Morgan fingerprint density at radius 2 is 1.63 bits per heavy atom. The molecule has 2 aliphatic heterocycles. The molecule has 2 heterocycles. The van der Waals surface area contributed by atoms with Crippen molar-refractivity contribution in [2.24, 2.45) is 0 Å². The highest BCUT2D eigenvalue weighted by Gasteiger charge is 2.44. The lowest BCUT2D eigenvalue weighted by Gasteiger charge is -2.46. The Kier molecular flexibility index (Phi) is 10.8. The van der Waals surface area contributed by atoms with Crippen LogP contribution >= 0.6 is 0 Å². The van der Waals surface area contributed by atoms with E-state index in [-0.39, 0.29) is 31.6 Å². The molecule has 0 spiro atoms. The fraction of sp³-hybridized carbons (Fsp3) is 0.467. The van der Waals surface area contributed by atoms with E-state index in [2.05, 4.69) is 5.32 Å². The number of fused-ring (bicyclic) bond motifs is 1. The van der Waals surface area contributed by atoms with Crippen LogP contribution in [0.2, 0.25) is 0 Å². The van der Waals surface area contributed by atoms with Crippen LogP contribution in [0.3, 0.4) is 0 Å². The molecule has 4 rings (SSSR count). The Bertz CT molecular complexity index is 1200. The van der Waals surface area contributed by atoms with Crippen LogP contribution in [0.4, 0.5) is 0 Å². The topological polar surface area (TPSA) is 124 Å². The molecule has 41 heavy (non-hydrogen) atoms. The van der Waals surface area contributed by atoms with Crippen molar-refractivity contribution in [3.63, 3.8) is 0 Å². The molecule has 0 saturated carbocycles. The van der Waals surface area contributed by atoms with Crippen molar-refractivity contribution in [2.45, 2.75) is 64.4 Å². The quantitative estimate of drug-likeness (QED) is 0.246. The molecule has 0 bridgehead atoms. The fourth-order valence-corrected chi connectivity index (χ4v) is 5.11. The first-order valence-electron chi connectivity index (χ1n) is 13.8. The number of nitrogens with zero attached hydrogens (tertiary/aromatic N) is 2. The Balaban J connectivity index is 1.60. The second-order valence-electron chi connectivity index (χ2n) is 10.0. The molecule has 11 nitrogen and oxygen atoms in total. The van der Waals surface area contributed by atoms with Gasteiger partial charge in [-0.1, -0.05) is 54.6 Å². The van der Waals surface area contributed by atoms with Gasteiger partial charge in [0.25, 0.3) is 0 Å². The maximum atomic E-state index is 13.5. The molecular weight excluding hydrogens is 530 g/mol. The minimum atomic E-state index is -0.985. The summed E-state index contributed by atoms with van der Waals surface area (Å²) in [6.45, 7) is 3.83. The van der Waals surface area contributed by atoms with E-state index in [4.69, 9.17) is 19.0 Å². The molecule has 11 heteroatoms. The van der Waals surface area contributed by atoms with E-state index in [1.165, 1.54) is 18.9 Å². The number of hydrogen-bond acceptors (Lipinski definition) is 10. The zero-order chi connectivity index (χ0) is 29.2. The predicted octanol–water partition coefficient (Wildman–Crippen LogP) is 2.64. The molecule has 0 aliphatic carbocycles. The predicted molar refractivity (Wildman–Crippen MR) is 146 cm³/mol. The van der Waals surface area contributed by atoms with Gasteiger partial charge < -0.3 is 19.5 Å². The Labute approximate surface area is 239 Å². The minimum Gasteiger partial charge on any atom is -0.461 e. The molecule has 0 radical (unpaired) electrons. The number of rotatable bonds is 11. The van der Waals surface area contributed by atoms with Crippen LogP contribution in [-0.4, -0.2) is 72.5 Å². The highest BCUT2D eigenvalue weighted by molar-refractivity contribution is 5.79. The van der Waals surface area contributed by atoms with Crippen molar-refractivity contribution in [3.05, 3.63) is 71.3 Å². The average molecular weight is 568 g/mol. The Morgan fingerprint density at radius 1 is 0.927 bits per heavy atom. The van der Waals surface area contributed by atoms with Gasteiger partial charge in [-0.15, -0.1) is 0 Å². The normalized spacial score (nSPS) is 19.1. The summed E-state index contributed by atoms with van der Waals surface area (Å²) >= 11 is 0. The first-order chi connectivity index (χ1) is 19.8.